The maximum atomic E-state index is 13.2. The summed E-state index contributed by atoms with van der Waals surface area (Å²) in [5.74, 6) is 0. The van der Waals surface area contributed by atoms with Crippen molar-refractivity contribution in [1.82, 2.24) is 0 Å². The Bertz CT molecular complexity index is 1090. The van der Waals surface area contributed by atoms with Gasteiger partial charge in [-0.1, -0.05) is 48.5 Å². The van der Waals surface area contributed by atoms with Crippen LogP contribution >= 0.6 is 0 Å². The number of anilines is 2. The van der Waals surface area contributed by atoms with Gasteiger partial charge in [0, 0.05) is 24.3 Å². The Morgan fingerprint density at radius 1 is 0.897 bits per heavy atom. The second-order valence-electron chi connectivity index (χ2n) is 7.07. The van der Waals surface area contributed by atoms with Gasteiger partial charge in [0.15, 0.2) is 0 Å². The lowest BCUT2D eigenvalue weighted by Gasteiger charge is -2.29. The Hall–Kier alpha value is -2.83. The first-order valence-corrected chi connectivity index (χ1v) is 11.1. The van der Waals surface area contributed by atoms with Gasteiger partial charge in [-0.05, 0) is 42.3 Å². The van der Waals surface area contributed by atoms with Crippen molar-refractivity contribution in [1.29, 1.82) is 0 Å². The van der Waals surface area contributed by atoms with E-state index in [1.54, 1.807) is 12.1 Å². The highest BCUT2D eigenvalue weighted by molar-refractivity contribution is 7.92. The second-order valence-corrected chi connectivity index (χ2v) is 8.72. The molecule has 3 aromatic rings. The molecule has 0 aromatic heterocycles. The van der Waals surface area contributed by atoms with E-state index in [-0.39, 0.29) is 4.90 Å². The molecule has 1 saturated heterocycles. The van der Waals surface area contributed by atoms with Crippen molar-refractivity contribution in [3.63, 3.8) is 0 Å². The molecule has 0 aliphatic carbocycles. The summed E-state index contributed by atoms with van der Waals surface area (Å²) >= 11 is 0. The lowest BCUT2D eigenvalue weighted by atomic mass is 10.1. The number of hydrogen-bond acceptors (Lipinski definition) is 4. The number of ether oxygens (including phenoxy) is 1. The van der Waals surface area contributed by atoms with E-state index in [9.17, 15) is 8.42 Å². The molecule has 5 nitrogen and oxygen atoms in total. The number of nitrogens with zero attached hydrogens (tertiary/aromatic N) is 1. The Kier molecular flexibility index (Phi) is 5.56. The predicted molar refractivity (Wildman–Crippen MR) is 117 cm³/mol. The second kappa shape index (κ2) is 8.27. The van der Waals surface area contributed by atoms with Crippen molar-refractivity contribution >= 4 is 21.4 Å². The number of aryl methyl sites for hydroxylation is 1. The fourth-order valence-corrected chi connectivity index (χ4v) is 4.90. The Balaban J connectivity index is 1.63. The van der Waals surface area contributed by atoms with Crippen LogP contribution in [-0.2, 0) is 14.8 Å². The van der Waals surface area contributed by atoms with Gasteiger partial charge in [0.1, 0.15) is 0 Å². The van der Waals surface area contributed by atoms with E-state index in [4.69, 9.17) is 4.74 Å². The number of nitrogens with one attached hydrogen (secondary N) is 1. The quantitative estimate of drug-likeness (QED) is 0.684. The van der Waals surface area contributed by atoms with Gasteiger partial charge in [-0.25, -0.2) is 8.42 Å². The number of morpholine rings is 1. The normalized spacial score (nSPS) is 14.6. The summed E-state index contributed by atoms with van der Waals surface area (Å²) in [5, 5.41) is 0. The molecule has 4 rings (SSSR count). The van der Waals surface area contributed by atoms with E-state index in [0.717, 1.165) is 29.9 Å². The molecule has 150 valence electrons. The molecule has 0 bridgehead atoms. The van der Waals surface area contributed by atoms with E-state index >= 15 is 0 Å². The minimum absolute atomic E-state index is 0.267. The first-order valence-electron chi connectivity index (χ1n) is 9.65. The molecule has 0 saturated carbocycles. The van der Waals surface area contributed by atoms with E-state index in [1.807, 2.05) is 67.6 Å². The fraction of sp³-hybridized carbons (Fsp3) is 0.217. The minimum atomic E-state index is -3.74. The molecule has 0 amide bonds. The smallest absolute Gasteiger partial charge is 0.262 e. The number of hydrogen-bond donors (Lipinski definition) is 1. The van der Waals surface area contributed by atoms with Gasteiger partial charge in [0.2, 0.25) is 0 Å². The molecule has 1 aliphatic rings. The first-order chi connectivity index (χ1) is 14.0. The lowest BCUT2D eigenvalue weighted by Crippen LogP contribution is -2.36. The SMILES string of the molecule is Cc1cc(N2CCOCC2)ccc1NS(=O)(=O)c1ccccc1-c1ccccc1. The molecule has 1 heterocycles. The molecule has 1 N–H and O–H groups in total. The summed E-state index contributed by atoms with van der Waals surface area (Å²) < 4.78 is 34.6. The number of rotatable bonds is 5. The first kappa shape index (κ1) is 19.5. The van der Waals surface area contributed by atoms with Crippen molar-refractivity contribution in [3.05, 3.63) is 78.4 Å². The summed E-state index contributed by atoms with van der Waals surface area (Å²) in [6.45, 7) is 5.03. The molecule has 1 aliphatic heterocycles. The molecule has 0 radical (unpaired) electrons. The third-order valence-corrected chi connectivity index (χ3v) is 6.52. The van der Waals surface area contributed by atoms with Crippen LogP contribution in [0.3, 0.4) is 0 Å². The maximum absolute atomic E-state index is 13.2. The van der Waals surface area contributed by atoms with Crippen LogP contribution in [-0.4, -0.2) is 34.7 Å². The van der Waals surface area contributed by atoms with Crippen LogP contribution in [0.5, 0.6) is 0 Å². The van der Waals surface area contributed by atoms with Crippen molar-refractivity contribution in [3.8, 4) is 11.1 Å². The van der Waals surface area contributed by atoms with Gasteiger partial charge in [-0.3, -0.25) is 4.72 Å². The van der Waals surface area contributed by atoms with Crippen molar-refractivity contribution < 1.29 is 13.2 Å². The highest BCUT2D eigenvalue weighted by Crippen LogP contribution is 2.30. The van der Waals surface area contributed by atoms with Crippen LogP contribution in [0.2, 0.25) is 0 Å². The van der Waals surface area contributed by atoms with Crippen molar-refractivity contribution in [2.75, 3.05) is 35.9 Å². The molecule has 6 heteroatoms. The average Bonchev–Trinajstić information content (AvgIpc) is 2.76. The fourth-order valence-electron chi connectivity index (χ4n) is 3.54. The highest BCUT2D eigenvalue weighted by atomic mass is 32.2. The molecule has 0 atom stereocenters. The van der Waals surface area contributed by atoms with Gasteiger partial charge in [0.05, 0.1) is 23.8 Å². The van der Waals surface area contributed by atoms with Gasteiger partial charge in [-0.15, -0.1) is 0 Å². The van der Waals surface area contributed by atoms with Crippen LogP contribution in [0, 0.1) is 6.92 Å². The number of sulfonamides is 1. The summed E-state index contributed by atoms with van der Waals surface area (Å²) in [6.07, 6.45) is 0. The van der Waals surface area contributed by atoms with Gasteiger partial charge < -0.3 is 9.64 Å². The Morgan fingerprint density at radius 2 is 1.59 bits per heavy atom. The lowest BCUT2D eigenvalue weighted by molar-refractivity contribution is 0.122. The van der Waals surface area contributed by atoms with E-state index in [2.05, 4.69) is 9.62 Å². The van der Waals surface area contributed by atoms with Gasteiger partial charge in [0.25, 0.3) is 10.0 Å². The molecule has 29 heavy (non-hydrogen) atoms. The molecule has 0 unspecified atom stereocenters. The van der Waals surface area contributed by atoms with Crippen molar-refractivity contribution in [2.45, 2.75) is 11.8 Å². The van der Waals surface area contributed by atoms with Crippen LogP contribution in [0.1, 0.15) is 5.56 Å². The number of benzene rings is 3. The van der Waals surface area contributed by atoms with Crippen LogP contribution in [0.25, 0.3) is 11.1 Å². The van der Waals surface area contributed by atoms with Crippen LogP contribution < -0.4 is 9.62 Å². The zero-order valence-electron chi connectivity index (χ0n) is 16.3. The Morgan fingerprint density at radius 3 is 2.31 bits per heavy atom. The largest absolute Gasteiger partial charge is 0.378 e. The standard InChI is InChI=1S/C23H24N2O3S/c1-18-17-20(25-13-15-28-16-14-25)11-12-22(18)24-29(26,27)23-10-6-5-9-21(23)19-7-3-2-4-8-19/h2-12,17,24H,13-16H2,1H3. The molecular formula is C23H24N2O3S. The van der Waals surface area contributed by atoms with Gasteiger partial charge >= 0.3 is 0 Å². The highest BCUT2D eigenvalue weighted by Gasteiger charge is 2.20. The zero-order chi connectivity index (χ0) is 20.3. The minimum Gasteiger partial charge on any atom is -0.378 e. The average molecular weight is 409 g/mol. The van der Waals surface area contributed by atoms with Crippen LogP contribution in [0.4, 0.5) is 11.4 Å². The topological polar surface area (TPSA) is 58.6 Å². The van der Waals surface area contributed by atoms with Crippen LogP contribution in [0.15, 0.2) is 77.7 Å². The molecule has 3 aromatic carbocycles. The zero-order valence-corrected chi connectivity index (χ0v) is 17.2. The molecule has 0 spiro atoms. The third kappa shape index (κ3) is 4.28. The monoisotopic (exact) mass is 408 g/mol. The Labute approximate surface area is 172 Å². The third-order valence-electron chi connectivity index (χ3n) is 5.09. The molecular weight excluding hydrogens is 384 g/mol. The summed E-state index contributed by atoms with van der Waals surface area (Å²) in [5.41, 5.74) is 4.11. The van der Waals surface area contributed by atoms with Gasteiger partial charge in [-0.2, -0.15) is 0 Å². The van der Waals surface area contributed by atoms with E-state index < -0.39 is 10.0 Å². The maximum Gasteiger partial charge on any atom is 0.262 e. The molecule has 1 fully saturated rings. The van der Waals surface area contributed by atoms with E-state index in [0.29, 0.717) is 24.5 Å². The summed E-state index contributed by atoms with van der Waals surface area (Å²) in [6, 6.07) is 22.4. The summed E-state index contributed by atoms with van der Waals surface area (Å²) in [4.78, 5) is 2.52. The van der Waals surface area contributed by atoms with Crippen molar-refractivity contribution in [2.24, 2.45) is 0 Å². The summed E-state index contributed by atoms with van der Waals surface area (Å²) in [7, 11) is -3.74. The predicted octanol–water partition coefficient (Wildman–Crippen LogP) is 4.30. The van der Waals surface area contributed by atoms with E-state index in [1.165, 1.54) is 0 Å².